The zero-order chi connectivity index (χ0) is 14.4. The Hall–Kier alpha value is -1.60. The second kappa shape index (κ2) is 7.10. The van der Waals surface area contributed by atoms with Gasteiger partial charge >= 0.3 is 12.0 Å². The Morgan fingerprint density at radius 1 is 1.58 bits per heavy atom. The van der Waals surface area contributed by atoms with Gasteiger partial charge in [0.15, 0.2) is 0 Å². The van der Waals surface area contributed by atoms with Crippen molar-refractivity contribution in [3.8, 4) is 0 Å². The lowest BCUT2D eigenvalue weighted by atomic mass is 10.2. The maximum Gasteiger partial charge on any atom is 0.326 e. The number of hydrogen-bond acceptors (Lipinski definition) is 4. The van der Waals surface area contributed by atoms with E-state index < -0.39 is 24.1 Å². The molecule has 1 rings (SSSR count). The summed E-state index contributed by atoms with van der Waals surface area (Å²) < 4.78 is 4.91. The molecule has 0 saturated carbocycles. The number of aliphatic carboxylic acids is 1. The molecule has 1 aliphatic rings. The van der Waals surface area contributed by atoms with Crippen LogP contribution in [0.5, 0.6) is 0 Å². The predicted octanol–water partition coefficient (Wildman–Crippen LogP) is -0.239. The summed E-state index contributed by atoms with van der Waals surface area (Å²) in [4.78, 5) is 26.0. The van der Waals surface area contributed by atoms with Gasteiger partial charge < -0.3 is 24.7 Å². The molecule has 2 amide bonds. The third kappa shape index (κ3) is 3.93. The van der Waals surface area contributed by atoms with Crippen molar-refractivity contribution in [3.63, 3.8) is 0 Å². The topological polar surface area (TPSA) is 90.3 Å². The van der Waals surface area contributed by atoms with Crippen LogP contribution in [-0.2, 0) is 9.53 Å². The van der Waals surface area contributed by atoms with Crippen LogP contribution in [0.2, 0.25) is 0 Å². The maximum absolute atomic E-state index is 12.3. The predicted molar refractivity (Wildman–Crippen MR) is 67.8 cm³/mol. The largest absolute Gasteiger partial charge is 0.480 e. The number of likely N-dealkylation sites (tertiary alicyclic amines) is 1. The highest BCUT2D eigenvalue weighted by Gasteiger charge is 2.40. The molecular weight excluding hydrogens is 252 g/mol. The van der Waals surface area contributed by atoms with Gasteiger partial charge in [0.25, 0.3) is 0 Å². The molecule has 1 fully saturated rings. The first kappa shape index (κ1) is 15.5. The van der Waals surface area contributed by atoms with Gasteiger partial charge in [-0.05, 0) is 0 Å². The number of hydrogen-bond donors (Lipinski definition) is 2. The second-order valence-electron chi connectivity index (χ2n) is 4.41. The molecule has 2 N–H and O–H groups in total. The number of carbonyl (C=O) groups excluding carboxylic acids is 1. The minimum absolute atomic E-state index is 0.0381. The van der Waals surface area contributed by atoms with Crippen molar-refractivity contribution < 1.29 is 24.5 Å². The van der Waals surface area contributed by atoms with E-state index in [1.807, 2.05) is 0 Å². The first-order valence-corrected chi connectivity index (χ1v) is 6.07. The Kier molecular flexibility index (Phi) is 5.78. The van der Waals surface area contributed by atoms with Crippen LogP contribution in [0.25, 0.3) is 0 Å². The van der Waals surface area contributed by atoms with Crippen LogP contribution in [0.3, 0.4) is 0 Å². The Morgan fingerprint density at radius 3 is 2.79 bits per heavy atom. The van der Waals surface area contributed by atoms with Crippen LogP contribution < -0.4 is 0 Å². The van der Waals surface area contributed by atoms with E-state index in [-0.39, 0.29) is 13.0 Å². The van der Waals surface area contributed by atoms with Gasteiger partial charge in [-0.15, -0.1) is 6.58 Å². The summed E-state index contributed by atoms with van der Waals surface area (Å²) in [6, 6.07) is -1.39. The van der Waals surface area contributed by atoms with E-state index in [0.29, 0.717) is 19.7 Å². The average molecular weight is 272 g/mol. The fourth-order valence-corrected chi connectivity index (χ4v) is 2.06. The molecule has 1 unspecified atom stereocenters. The number of carboxylic acid groups (broad SMARTS) is 1. The summed E-state index contributed by atoms with van der Waals surface area (Å²) in [7, 11) is 1.52. The van der Waals surface area contributed by atoms with E-state index in [4.69, 9.17) is 9.84 Å². The van der Waals surface area contributed by atoms with Crippen LogP contribution in [-0.4, -0.2) is 77.5 Å². The molecule has 1 aliphatic heterocycles. The smallest absolute Gasteiger partial charge is 0.326 e. The summed E-state index contributed by atoms with van der Waals surface area (Å²) in [6.45, 7) is 4.61. The lowest BCUT2D eigenvalue weighted by Gasteiger charge is -2.29. The van der Waals surface area contributed by atoms with Gasteiger partial charge in [-0.25, -0.2) is 9.59 Å². The fraction of sp³-hybridized carbons (Fsp3) is 0.667. The summed E-state index contributed by atoms with van der Waals surface area (Å²) >= 11 is 0. The first-order valence-electron chi connectivity index (χ1n) is 6.07. The number of nitrogens with zero attached hydrogens (tertiary/aromatic N) is 2. The van der Waals surface area contributed by atoms with Gasteiger partial charge in [0.1, 0.15) is 6.04 Å². The van der Waals surface area contributed by atoms with E-state index >= 15 is 0 Å². The summed E-state index contributed by atoms with van der Waals surface area (Å²) in [5.41, 5.74) is 0. The second-order valence-corrected chi connectivity index (χ2v) is 4.41. The number of rotatable bonds is 6. The highest BCUT2D eigenvalue weighted by Crippen LogP contribution is 2.20. The molecule has 108 valence electrons. The highest BCUT2D eigenvalue weighted by molar-refractivity contribution is 5.83. The zero-order valence-electron chi connectivity index (χ0n) is 11.0. The molecule has 7 heteroatoms. The van der Waals surface area contributed by atoms with Crippen molar-refractivity contribution >= 4 is 12.0 Å². The molecule has 1 saturated heterocycles. The Bertz CT molecular complexity index is 347. The van der Waals surface area contributed by atoms with E-state index in [0.717, 1.165) is 0 Å². The Balaban J connectivity index is 2.76. The number of amides is 2. The third-order valence-electron chi connectivity index (χ3n) is 3.00. The van der Waals surface area contributed by atoms with Crippen LogP contribution in [0.4, 0.5) is 4.79 Å². The molecule has 19 heavy (non-hydrogen) atoms. The van der Waals surface area contributed by atoms with Gasteiger partial charge in [0.05, 0.1) is 12.7 Å². The summed E-state index contributed by atoms with van der Waals surface area (Å²) in [5, 5.41) is 18.6. The molecule has 2 atom stereocenters. The molecule has 0 aromatic heterocycles. The van der Waals surface area contributed by atoms with Crippen LogP contribution in [0.15, 0.2) is 12.7 Å². The number of aliphatic hydroxyl groups is 1. The van der Waals surface area contributed by atoms with E-state index in [1.54, 1.807) is 6.08 Å². The standard InChI is InChI=1S/C12H20N2O5/c1-3-4-13(5-6-19-2)12(18)14-8-9(15)7-10(14)11(16)17/h3,9-10,15H,1,4-8H2,2H3,(H,16,17)/t9?,10-/m0/s1. The molecule has 0 spiro atoms. The van der Waals surface area contributed by atoms with Crippen molar-refractivity contribution in [2.75, 3.05) is 33.4 Å². The molecule has 0 aliphatic carbocycles. The fourth-order valence-electron chi connectivity index (χ4n) is 2.06. The number of carboxylic acids is 1. The minimum atomic E-state index is -1.10. The molecule has 7 nitrogen and oxygen atoms in total. The monoisotopic (exact) mass is 272 g/mol. The average Bonchev–Trinajstić information content (AvgIpc) is 2.76. The number of carbonyl (C=O) groups is 2. The van der Waals surface area contributed by atoms with Crippen molar-refractivity contribution in [2.24, 2.45) is 0 Å². The van der Waals surface area contributed by atoms with Gasteiger partial charge in [-0.3, -0.25) is 0 Å². The first-order chi connectivity index (χ1) is 9.01. The summed E-state index contributed by atoms with van der Waals surface area (Å²) in [6.07, 6.45) is 0.835. The van der Waals surface area contributed by atoms with E-state index in [9.17, 15) is 14.7 Å². The van der Waals surface area contributed by atoms with Crippen molar-refractivity contribution in [1.82, 2.24) is 9.80 Å². The summed E-state index contributed by atoms with van der Waals surface area (Å²) in [5.74, 6) is -1.10. The van der Waals surface area contributed by atoms with Crippen molar-refractivity contribution in [3.05, 3.63) is 12.7 Å². The van der Waals surface area contributed by atoms with Gasteiger partial charge in [0.2, 0.25) is 0 Å². The number of β-amino-alcohol motifs (C(OH)–C–C–N with tert-alkyl or cyclic N) is 1. The van der Waals surface area contributed by atoms with Crippen molar-refractivity contribution in [2.45, 2.75) is 18.6 Å². The number of urea groups is 1. The van der Waals surface area contributed by atoms with E-state index in [2.05, 4.69) is 6.58 Å². The van der Waals surface area contributed by atoms with Crippen LogP contribution in [0, 0.1) is 0 Å². The van der Waals surface area contributed by atoms with Gasteiger partial charge in [-0.1, -0.05) is 6.08 Å². The normalized spacial score (nSPS) is 22.3. The SMILES string of the molecule is C=CCN(CCOC)C(=O)N1CC(O)C[C@H]1C(=O)O. The van der Waals surface area contributed by atoms with Crippen LogP contribution in [0.1, 0.15) is 6.42 Å². The number of aliphatic hydroxyl groups excluding tert-OH is 1. The Morgan fingerprint density at radius 2 is 2.26 bits per heavy atom. The molecule has 0 radical (unpaired) electrons. The van der Waals surface area contributed by atoms with Crippen LogP contribution >= 0.6 is 0 Å². The molecular formula is C12H20N2O5. The molecule has 1 heterocycles. The lowest BCUT2D eigenvalue weighted by molar-refractivity contribution is -0.141. The van der Waals surface area contributed by atoms with Gasteiger partial charge in [-0.2, -0.15) is 0 Å². The van der Waals surface area contributed by atoms with Gasteiger partial charge in [0, 0.05) is 33.2 Å². The highest BCUT2D eigenvalue weighted by atomic mass is 16.5. The zero-order valence-corrected chi connectivity index (χ0v) is 11.0. The van der Waals surface area contributed by atoms with Crippen molar-refractivity contribution in [1.29, 1.82) is 0 Å². The number of methoxy groups -OCH3 is 1. The molecule has 0 aromatic carbocycles. The molecule has 0 bridgehead atoms. The molecule has 0 aromatic rings. The number of ether oxygens (including phenoxy) is 1. The minimum Gasteiger partial charge on any atom is -0.480 e. The lowest BCUT2D eigenvalue weighted by Crippen LogP contribution is -2.49. The van der Waals surface area contributed by atoms with E-state index in [1.165, 1.54) is 16.9 Å². The third-order valence-corrected chi connectivity index (χ3v) is 3.00. The maximum atomic E-state index is 12.3. The quantitative estimate of drug-likeness (QED) is 0.651. The Labute approximate surface area is 112 Å².